The number of nitrogens with two attached hydrogens (primary N) is 1. The van der Waals surface area contributed by atoms with Crippen LogP contribution in [-0.4, -0.2) is 43.5 Å². The summed E-state index contributed by atoms with van der Waals surface area (Å²) in [7, 11) is 1.56. The van der Waals surface area contributed by atoms with Crippen LogP contribution in [0.2, 0.25) is 0 Å². The van der Waals surface area contributed by atoms with Gasteiger partial charge in [0.25, 0.3) is 0 Å². The van der Waals surface area contributed by atoms with Gasteiger partial charge < -0.3 is 15.4 Å². The van der Waals surface area contributed by atoms with Crippen molar-refractivity contribution in [2.24, 2.45) is 11.1 Å². The average Bonchev–Trinajstić information content (AvgIpc) is 2.72. The van der Waals surface area contributed by atoms with Crippen LogP contribution in [0.4, 0.5) is 4.39 Å². The van der Waals surface area contributed by atoms with Gasteiger partial charge in [-0.1, -0.05) is 36.4 Å². The Balaban J connectivity index is 1.83. The second-order valence-electron chi connectivity index (χ2n) is 7.69. The van der Waals surface area contributed by atoms with Crippen LogP contribution in [0.15, 0.2) is 48.5 Å². The number of nitrogens with zero attached hydrogens (tertiary/aromatic N) is 1. The number of halogens is 1. The summed E-state index contributed by atoms with van der Waals surface area (Å²) >= 11 is 0. The SMILES string of the molecule is COCCC(=O)N1CCCC(Cc2cccc(-c3cccc(F)c3)c2)(C(N)=O)C1. The van der Waals surface area contributed by atoms with Gasteiger partial charge in [-0.2, -0.15) is 0 Å². The molecule has 0 spiro atoms. The van der Waals surface area contributed by atoms with E-state index in [1.807, 2.05) is 30.3 Å². The molecule has 6 heteroatoms. The first-order valence-electron chi connectivity index (χ1n) is 9.85. The van der Waals surface area contributed by atoms with E-state index in [-0.39, 0.29) is 11.7 Å². The third kappa shape index (κ3) is 5.01. The summed E-state index contributed by atoms with van der Waals surface area (Å²) in [6.45, 7) is 1.30. The van der Waals surface area contributed by atoms with Crippen LogP contribution in [0.5, 0.6) is 0 Å². The van der Waals surface area contributed by atoms with Gasteiger partial charge in [0.15, 0.2) is 0 Å². The lowest BCUT2D eigenvalue weighted by atomic mass is 9.74. The molecule has 2 aromatic rings. The molecule has 0 bridgehead atoms. The largest absolute Gasteiger partial charge is 0.384 e. The summed E-state index contributed by atoms with van der Waals surface area (Å²) in [5.74, 6) is -0.706. The molecule has 0 saturated carbocycles. The Bertz CT molecular complexity index is 886. The van der Waals surface area contributed by atoms with Crippen LogP contribution in [0.25, 0.3) is 11.1 Å². The molecule has 1 saturated heterocycles. The van der Waals surface area contributed by atoms with Crippen molar-refractivity contribution < 1.29 is 18.7 Å². The molecule has 1 unspecified atom stereocenters. The molecule has 154 valence electrons. The zero-order valence-corrected chi connectivity index (χ0v) is 16.7. The molecule has 29 heavy (non-hydrogen) atoms. The minimum Gasteiger partial charge on any atom is -0.384 e. The van der Waals surface area contributed by atoms with E-state index in [0.29, 0.717) is 39.0 Å². The van der Waals surface area contributed by atoms with Crippen LogP contribution in [0.1, 0.15) is 24.8 Å². The third-order valence-electron chi connectivity index (χ3n) is 5.60. The van der Waals surface area contributed by atoms with Gasteiger partial charge in [-0.15, -0.1) is 0 Å². The minimum absolute atomic E-state index is 0.0225. The average molecular weight is 398 g/mol. The lowest BCUT2D eigenvalue weighted by molar-refractivity contribution is -0.140. The smallest absolute Gasteiger partial charge is 0.225 e. The van der Waals surface area contributed by atoms with Crippen molar-refractivity contribution in [2.45, 2.75) is 25.7 Å². The number of carbonyl (C=O) groups is 2. The number of ether oxygens (including phenoxy) is 1. The summed E-state index contributed by atoms with van der Waals surface area (Å²) in [6.07, 6.45) is 2.10. The van der Waals surface area contributed by atoms with E-state index in [9.17, 15) is 14.0 Å². The van der Waals surface area contributed by atoms with Crippen molar-refractivity contribution in [3.8, 4) is 11.1 Å². The van der Waals surface area contributed by atoms with E-state index in [0.717, 1.165) is 23.1 Å². The first-order chi connectivity index (χ1) is 13.9. The fourth-order valence-corrected chi connectivity index (χ4v) is 4.04. The molecule has 1 fully saturated rings. The normalized spacial score (nSPS) is 19.2. The van der Waals surface area contributed by atoms with Crippen molar-refractivity contribution in [3.05, 3.63) is 59.9 Å². The predicted octanol–water partition coefficient (Wildman–Crippen LogP) is 3.17. The van der Waals surface area contributed by atoms with Crippen LogP contribution >= 0.6 is 0 Å². The molecular weight excluding hydrogens is 371 g/mol. The molecule has 0 aromatic heterocycles. The van der Waals surface area contributed by atoms with Gasteiger partial charge in [-0.05, 0) is 48.1 Å². The summed E-state index contributed by atoms with van der Waals surface area (Å²) < 4.78 is 18.6. The lowest BCUT2D eigenvalue weighted by Crippen LogP contribution is -2.53. The second kappa shape index (κ2) is 9.18. The Hall–Kier alpha value is -2.73. The number of hydrogen-bond donors (Lipinski definition) is 1. The molecule has 3 rings (SSSR count). The number of carbonyl (C=O) groups excluding carboxylic acids is 2. The minimum atomic E-state index is -0.804. The lowest BCUT2D eigenvalue weighted by Gasteiger charge is -2.41. The summed E-state index contributed by atoms with van der Waals surface area (Å²) in [5.41, 5.74) is 7.63. The highest BCUT2D eigenvalue weighted by Gasteiger charge is 2.42. The van der Waals surface area contributed by atoms with Gasteiger partial charge in [-0.3, -0.25) is 9.59 Å². The van der Waals surface area contributed by atoms with Gasteiger partial charge in [0.1, 0.15) is 5.82 Å². The zero-order valence-electron chi connectivity index (χ0n) is 16.7. The Kier molecular flexibility index (Phi) is 6.64. The Morgan fingerprint density at radius 3 is 2.59 bits per heavy atom. The van der Waals surface area contributed by atoms with Crippen molar-refractivity contribution >= 4 is 11.8 Å². The first kappa shape index (κ1) is 21.0. The number of hydrogen-bond acceptors (Lipinski definition) is 3. The van der Waals surface area contributed by atoms with E-state index < -0.39 is 11.3 Å². The molecule has 1 aliphatic heterocycles. The number of amides is 2. The standard InChI is InChI=1S/C23H27FN2O3/c1-29-12-9-21(27)26-11-4-10-23(16-26,22(25)28)15-17-5-2-6-18(13-17)19-7-3-8-20(24)14-19/h2-3,5-8,13-14H,4,9-12,15-16H2,1H3,(H2,25,28). The van der Waals surface area contributed by atoms with Gasteiger partial charge >= 0.3 is 0 Å². The highest BCUT2D eigenvalue weighted by atomic mass is 19.1. The molecule has 1 atom stereocenters. The number of benzene rings is 2. The number of primary amides is 1. The van der Waals surface area contributed by atoms with E-state index in [1.165, 1.54) is 12.1 Å². The quantitative estimate of drug-likeness (QED) is 0.779. The van der Waals surface area contributed by atoms with Crippen LogP contribution in [-0.2, 0) is 20.7 Å². The number of likely N-dealkylation sites (tertiary alicyclic amines) is 1. The maximum absolute atomic E-state index is 13.6. The van der Waals surface area contributed by atoms with Gasteiger partial charge in [-0.25, -0.2) is 4.39 Å². The Morgan fingerprint density at radius 2 is 1.90 bits per heavy atom. The molecule has 2 N–H and O–H groups in total. The number of rotatable bonds is 7. The molecule has 2 aromatic carbocycles. The topological polar surface area (TPSA) is 72.6 Å². The van der Waals surface area contributed by atoms with E-state index in [4.69, 9.17) is 10.5 Å². The zero-order chi connectivity index (χ0) is 20.9. The molecule has 0 aliphatic carbocycles. The first-order valence-corrected chi connectivity index (χ1v) is 9.85. The van der Waals surface area contributed by atoms with Gasteiger partial charge in [0.2, 0.25) is 11.8 Å². The summed E-state index contributed by atoms with van der Waals surface area (Å²) in [6, 6.07) is 14.1. The maximum Gasteiger partial charge on any atom is 0.225 e. The molecule has 1 aliphatic rings. The second-order valence-corrected chi connectivity index (χ2v) is 7.69. The molecular formula is C23H27FN2O3. The predicted molar refractivity (Wildman–Crippen MR) is 109 cm³/mol. The fraction of sp³-hybridized carbons (Fsp3) is 0.391. The van der Waals surface area contributed by atoms with Gasteiger partial charge in [0, 0.05) is 20.2 Å². The van der Waals surface area contributed by atoms with Gasteiger partial charge in [0.05, 0.1) is 18.4 Å². The van der Waals surface area contributed by atoms with Crippen LogP contribution in [0, 0.1) is 11.2 Å². The van der Waals surface area contributed by atoms with Crippen molar-refractivity contribution in [2.75, 3.05) is 26.8 Å². The Labute approximate surface area is 170 Å². The van der Waals surface area contributed by atoms with Crippen LogP contribution < -0.4 is 5.73 Å². The monoisotopic (exact) mass is 398 g/mol. The molecule has 1 heterocycles. The van der Waals surface area contributed by atoms with Crippen molar-refractivity contribution in [3.63, 3.8) is 0 Å². The number of piperidine rings is 1. The highest BCUT2D eigenvalue weighted by molar-refractivity contribution is 5.83. The van der Waals surface area contributed by atoms with E-state index >= 15 is 0 Å². The summed E-state index contributed by atoms with van der Waals surface area (Å²) in [5, 5.41) is 0. The van der Waals surface area contributed by atoms with E-state index in [1.54, 1.807) is 18.1 Å². The molecule has 0 radical (unpaired) electrons. The fourth-order valence-electron chi connectivity index (χ4n) is 4.04. The third-order valence-corrected chi connectivity index (χ3v) is 5.60. The Morgan fingerprint density at radius 1 is 1.17 bits per heavy atom. The van der Waals surface area contributed by atoms with Crippen molar-refractivity contribution in [1.82, 2.24) is 4.90 Å². The highest BCUT2D eigenvalue weighted by Crippen LogP contribution is 2.35. The van der Waals surface area contributed by atoms with Crippen LogP contribution in [0.3, 0.4) is 0 Å². The maximum atomic E-state index is 13.6. The molecule has 2 amide bonds. The van der Waals surface area contributed by atoms with Crippen molar-refractivity contribution in [1.29, 1.82) is 0 Å². The number of methoxy groups -OCH3 is 1. The molecule has 5 nitrogen and oxygen atoms in total. The summed E-state index contributed by atoms with van der Waals surface area (Å²) in [4.78, 5) is 26.6. The van der Waals surface area contributed by atoms with E-state index in [2.05, 4.69) is 0 Å².